The molecule has 0 saturated heterocycles. The predicted molar refractivity (Wildman–Crippen MR) is 88.5 cm³/mol. The highest BCUT2D eigenvalue weighted by molar-refractivity contribution is 5.90. The van der Waals surface area contributed by atoms with Gasteiger partial charge in [-0.25, -0.2) is 4.79 Å². The minimum atomic E-state index is -5.05. The molecule has 0 bridgehead atoms. The van der Waals surface area contributed by atoms with E-state index in [0.717, 1.165) is 19.3 Å². The summed E-state index contributed by atoms with van der Waals surface area (Å²) >= 11 is 0. The van der Waals surface area contributed by atoms with E-state index in [2.05, 4.69) is 10.1 Å². The SMILES string of the molecule is CCCCCCC(=O)NCCOC(=O)c1cc(C(F)(F)F)cc(C(F)(F)F)c1. The van der Waals surface area contributed by atoms with Gasteiger partial charge in [0, 0.05) is 6.42 Å². The summed E-state index contributed by atoms with van der Waals surface area (Å²) in [5.41, 5.74) is -4.07. The van der Waals surface area contributed by atoms with Crippen molar-refractivity contribution < 1.29 is 40.7 Å². The van der Waals surface area contributed by atoms with E-state index in [1.165, 1.54) is 0 Å². The molecule has 1 amide bonds. The second-order valence-corrected chi connectivity index (χ2v) is 6.09. The predicted octanol–water partition coefficient (Wildman–Crippen LogP) is 4.97. The number of hydrogen-bond donors (Lipinski definition) is 1. The van der Waals surface area contributed by atoms with Gasteiger partial charge in [0.15, 0.2) is 0 Å². The summed E-state index contributed by atoms with van der Waals surface area (Å²) in [5.74, 6) is -1.61. The molecule has 0 aliphatic carbocycles. The normalized spacial score (nSPS) is 12.0. The number of hydrogen-bond acceptors (Lipinski definition) is 3. The Morgan fingerprint density at radius 2 is 1.50 bits per heavy atom. The molecule has 0 saturated carbocycles. The lowest BCUT2D eigenvalue weighted by molar-refractivity contribution is -0.143. The first-order valence-corrected chi connectivity index (χ1v) is 8.68. The molecule has 4 nitrogen and oxygen atoms in total. The van der Waals surface area contributed by atoms with Crippen LogP contribution in [0.1, 0.15) is 60.5 Å². The summed E-state index contributed by atoms with van der Waals surface area (Å²) in [7, 11) is 0. The Morgan fingerprint density at radius 1 is 0.929 bits per heavy atom. The van der Waals surface area contributed by atoms with Gasteiger partial charge in [0.2, 0.25) is 5.91 Å². The second-order valence-electron chi connectivity index (χ2n) is 6.09. The molecule has 0 heterocycles. The molecule has 158 valence electrons. The summed E-state index contributed by atoms with van der Waals surface area (Å²) in [6, 6.07) is 0.517. The largest absolute Gasteiger partial charge is 0.460 e. The lowest BCUT2D eigenvalue weighted by Crippen LogP contribution is -2.27. The number of amides is 1. The fourth-order valence-electron chi connectivity index (χ4n) is 2.29. The molecule has 10 heteroatoms. The van der Waals surface area contributed by atoms with Crippen LogP contribution < -0.4 is 5.32 Å². The molecule has 0 fully saturated rings. The Kier molecular flexibility index (Phi) is 8.77. The highest BCUT2D eigenvalue weighted by atomic mass is 19.4. The van der Waals surface area contributed by atoms with Gasteiger partial charge in [-0.05, 0) is 24.6 Å². The maximum atomic E-state index is 12.8. The van der Waals surface area contributed by atoms with Gasteiger partial charge in [-0.15, -0.1) is 0 Å². The van der Waals surface area contributed by atoms with E-state index in [1.807, 2.05) is 6.92 Å². The molecular formula is C18H21F6NO3. The maximum absolute atomic E-state index is 12.8. The number of ether oxygens (including phenoxy) is 1. The zero-order chi connectivity index (χ0) is 21.4. The van der Waals surface area contributed by atoms with Crippen LogP contribution in [0.25, 0.3) is 0 Å². The number of halogens is 6. The Labute approximate surface area is 158 Å². The molecule has 0 aliphatic rings. The van der Waals surface area contributed by atoms with Crippen LogP contribution in [0.15, 0.2) is 18.2 Å². The van der Waals surface area contributed by atoms with E-state index < -0.39 is 35.0 Å². The maximum Gasteiger partial charge on any atom is 0.416 e. The molecule has 28 heavy (non-hydrogen) atoms. The highest BCUT2D eigenvalue weighted by Crippen LogP contribution is 2.36. The fraction of sp³-hybridized carbons (Fsp3) is 0.556. The average Bonchev–Trinajstić information content (AvgIpc) is 2.60. The lowest BCUT2D eigenvalue weighted by Gasteiger charge is -2.14. The number of benzene rings is 1. The monoisotopic (exact) mass is 413 g/mol. The van der Waals surface area contributed by atoms with Crippen LogP contribution in [0.2, 0.25) is 0 Å². The molecule has 1 aromatic carbocycles. The average molecular weight is 413 g/mol. The van der Waals surface area contributed by atoms with Gasteiger partial charge in [-0.1, -0.05) is 26.2 Å². The molecule has 1 N–H and O–H groups in total. The van der Waals surface area contributed by atoms with Crippen LogP contribution in [0.3, 0.4) is 0 Å². The first-order chi connectivity index (χ1) is 12.9. The lowest BCUT2D eigenvalue weighted by atomic mass is 10.0. The molecule has 0 unspecified atom stereocenters. The van der Waals surface area contributed by atoms with Crippen molar-refractivity contribution >= 4 is 11.9 Å². The minimum Gasteiger partial charge on any atom is -0.460 e. The Balaban J connectivity index is 2.63. The second kappa shape index (κ2) is 10.3. The molecule has 1 aromatic rings. The molecule has 0 atom stereocenters. The van der Waals surface area contributed by atoms with Crippen molar-refractivity contribution in [3.05, 3.63) is 34.9 Å². The van der Waals surface area contributed by atoms with Gasteiger partial charge in [-0.2, -0.15) is 26.3 Å². The number of carbonyl (C=O) groups excluding carboxylic acids is 2. The summed E-state index contributed by atoms with van der Waals surface area (Å²) in [4.78, 5) is 23.4. The highest BCUT2D eigenvalue weighted by Gasteiger charge is 2.37. The first-order valence-electron chi connectivity index (χ1n) is 8.68. The van der Waals surface area contributed by atoms with Crippen LogP contribution >= 0.6 is 0 Å². The van der Waals surface area contributed by atoms with Crippen LogP contribution in [0, 0.1) is 0 Å². The van der Waals surface area contributed by atoms with E-state index in [4.69, 9.17) is 0 Å². The quantitative estimate of drug-likeness (QED) is 0.353. The molecule has 1 rings (SSSR count). The summed E-state index contributed by atoms with van der Waals surface area (Å²) in [5, 5.41) is 2.46. The van der Waals surface area contributed by atoms with Crippen LogP contribution in [-0.4, -0.2) is 25.0 Å². The van der Waals surface area contributed by atoms with Crippen molar-refractivity contribution in [2.45, 2.75) is 51.4 Å². The number of carbonyl (C=O) groups is 2. The number of nitrogens with one attached hydrogen (secondary N) is 1. The zero-order valence-corrected chi connectivity index (χ0v) is 15.2. The molecule has 0 aliphatic heterocycles. The molecule has 0 spiro atoms. The Morgan fingerprint density at radius 3 is 2.00 bits per heavy atom. The third-order valence-corrected chi connectivity index (χ3v) is 3.74. The van der Waals surface area contributed by atoms with Gasteiger partial charge < -0.3 is 10.1 Å². The van der Waals surface area contributed by atoms with E-state index in [9.17, 15) is 35.9 Å². The van der Waals surface area contributed by atoms with Gasteiger partial charge in [0.25, 0.3) is 0 Å². The summed E-state index contributed by atoms with van der Waals surface area (Å²) in [6.45, 7) is 1.55. The van der Waals surface area contributed by atoms with Crippen molar-refractivity contribution in [1.29, 1.82) is 0 Å². The number of rotatable bonds is 9. The van der Waals surface area contributed by atoms with Crippen LogP contribution in [-0.2, 0) is 21.9 Å². The van der Waals surface area contributed by atoms with E-state index >= 15 is 0 Å². The number of alkyl halides is 6. The van der Waals surface area contributed by atoms with E-state index in [-0.39, 0.29) is 31.5 Å². The number of esters is 1. The standard InChI is InChI=1S/C18H21F6NO3/c1-2-3-4-5-6-15(26)25-7-8-28-16(27)12-9-13(17(19,20)21)11-14(10-12)18(22,23)24/h9-11H,2-8H2,1H3,(H,25,26). The topological polar surface area (TPSA) is 55.4 Å². The van der Waals surface area contributed by atoms with Gasteiger partial charge in [0.1, 0.15) is 6.61 Å². The van der Waals surface area contributed by atoms with Gasteiger partial charge >= 0.3 is 18.3 Å². The first kappa shape index (κ1) is 23.8. The Bertz CT molecular complexity index is 638. The molecule has 0 aromatic heterocycles. The van der Waals surface area contributed by atoms with Crippen molar-refractivity contribution in [3.63, 3.8) is 0 Å². The Hall–Kier alpha value is -2.26. The third kappa shape index (κ3) is 8.18. The fourth-order valence-corrected chi connectivity index (χ4v) is 2.29. The molecular weight excluding hydrogens is 392 g/mol. The van der Waals surface area contributed by atoms with Crippen molar-refractivity contribution in [2.24, 2.45) is 0 Å². The van der Waals surface area contributed by atoms with Crippen molar-refractivity contribution in [1.82, 2.24) is 5.32 Å². The van der Waals surface area contributed by atoms with E-state index in [0.29, 0.717) is 18.6 Å². The van der Waals surface area contributed by atoms with Crippen LogP contribution in [0.5, 0.6) is 0 Å². The van der Waals surface area contributed by atoms with Crippen molar-refractivity contribution in [2.75, 3.05) is 13.2 Å². The minimum absolute atomic E-state index is 0.0739. The van der Waals surface area contributed by atoms with Gasteiger partial charge in [0.05, 0.1) is 23.2 Å². The molecule has 0 radical (unpaired) electrons. The van der Waals surface area contributed by atoms with Crippen molar-refractivity contribution in [3.8, 4) is 0 Å². The third-order valence-electron chi connectivity index (χ3n) is 3.74. The smallest absolute Gasteiger partial charge is 0.416 e. The summed E-state index contributed by atoms with van der Waals surface area (Å²) < 4.78 is 81.3. The zero-order valence-electron chi connectivity index (χ0n) is 15.2. The van der Waals surface area contributed by atoms with E-state index in [1.54, 1.807) is 0 Å². The van der Waals surface area contributed by atoms with Gasteiger partial charge in [-0.3, -0.25) is 4.79 Å². The summed E-state index contributed by atoms with van der Waals surface area (Å²) in [6.07, 6.45) is -6.20. The number of unbranched alkanes of at least 4 members (excludes halogenated alkanes) is 3. The van der Waals surface area contributed by atoms with Crippen LogP contribution in [0.4, 0.5) is 26.3 Å².